The Morgan fingerprint density at radius 1 is 1.23 bits per heavy atom. The van der Waals surface area contributed by atoms with Crippen molar-refractivity contribution in [1.82, 2.24) is 20.1 Å². The number of carbonyl (C=O) groups excluding carboxylic acids is 1. The average Bonchev–Trinajstić information content (AvgIpc) is 2.93. The third-order valence-electron chi connectivity index (χ3n) is 2.99. The Morgan fingerprint density at radius 2 is 1.86 bits per heavy atom. The van der Waals surface area contributed by atoms with Crippen LogP contribution in [0.15, 0.2) is 12.4 Å². The number of amides is 1. The summed E-state index contributed by atoms with van der Waals surface area (Å²) in [6.45, 7) is 2.10. The first-order valence-corrected chi connectivity index (χ1v) is 6.43. The van der Waals surface area contributed by atoms with Gasteiger partial charge in [0.1, 0.15) is 17.7 Å². The summed E-state index contributed by atoms with van der Waals surface area (Å²) in [5, 5.41) is 9.70. The molecule has 0 saturated carbocycles. The van der Waals surface area contributed by atoms with E-state index in [0.717, 1.165) is 0 Å². The number of aryl methyl sites for hydroxylation is 1. The molecule has 0 aliphatic carbocycles. The molecule has 1 aromatic heterocycles. The highest BCUT2D eigenvalue weighted by molar-refractivity contribution is 5.94. The Hall–Kier alpha value is -2.45. The Labute approximate surface area is 123 Å². The zero-order valence-electron chi connectivity index (χ0n) is 11.5. The van der Waals surface area contributed by atoms with Gasteiger partial charge in [-0.3, -0.25) is 4.79 Å². The molecule has 5 nitrogen and oxygen atoms in total. The van der Waals surface area contributed by atoms with Crippen LogP contribution in [0.5, 0.6) is 0 Å². The Kier molecular flexibility index (Phi) is 4.74. The normalized spacial score (nSPS) is 10.8. The number of hydrogen-bond donors (Lipinski definition) is 1. The molecule has 2 aromatic rings. The summed E-state index contributed by atoms with van der Waals surface area (Å²) in [6.07, 6.45) is 2.06. The summed E-state index contributed by atoms with van der Waals surface area (Å²) in [7, 11) is 0. The van der Waals surface area contributed by atoms with E-state index in [1.165, 1.54) is 6.33 Å². The van der Waals surface area contributed by atoms with Gasteiger partial charge in [0.05, 0.1) is 0 Å². The molecule has 0 aliphatic rings. The van der Waals surface area contributed by atoms with Crippen LogP contribution in [-0.2, 0) is 13.0 Å². The second-order valence-corrected chi connectivity index (χ2v) is 4.39. The summed E-state index contributed by atoms with van der Waals surface area (Å²) in [4.78, 5) is 11.7. The minimum Gasteiger partial charge on any atom is -0.350 e. The summed E-state index contributed by atoms with van der Waals surface area (Å²) in [5.74, 6) is -7.28. The average molecular weight is 316 g/mol. The monoisotopic (exact) mass is 316 g/mol. The SMILES string of the molecule is CCc1nncn1CCNC(=O)c1c(F)c(F)cc(F)c1F. The lowest BCUT2D eigenvalue weighted by molar-refractivity contribution is 0.0941. The molecule has 0 radical (unpaired) electrons. The molecule has 0 spiro atoms. The third-order valence-corrected chi connectivity index (χ3v) is 2.99. The van der Waals surface area contributed by atoms with Crippen LogP contribution in [0.25, 0.3) is 0 Å². The number of rotatable bonds is 5. The molecule has 1 N–H and O–H groups in total. The second-order valence-electron chi connectivity index (χ2n) is 4.39. The quantitative estimate of drug-likeness (QED) is 0.676. The van der Waals surface area contributed by atoms with Gasteiger partial charge in [-0.05, 0) is 0 Å². The van der Waals surface area contributed by atoms with Gasteiger partial charge in [0.15, 0.2) is 23.3 Å². The van der Waals surface area contributed by atoms with Crippen LogP contribution in [0, 0.1) is 23.3 Å². The molecule has 0 fully saturated rings. The molecule has 0 atom stereocenters. The van der Waals surface area contributed by atoms with Gasteiger partial charge >= 0.3 is 0 Å². The largest absolute Gasteiger partial charge is 0.350 e. The van der Waals surface area contributed by atoms with E-state index < -0.39 is 34.7 Å². The molecular formula is C13H12F4N4O. The van der Waals surface area contributed by atoms with Crippen LogP contribution < -0.4 is 5.32 Å². The first kappa shape index (κ1) is 15.9. The van der Waals surface area contributed by atoms with Gasteiger partial charge in [-0.1, -0.05) is 6.92 Å². The number of halogens is 4. The van der Waals surface area contributed by atoms with Gasteiger partial charge in [0.25, 0.3) is 5.91 Å². The van der Waals surface area contributed by atoms with Crippen molar-refractivity contribution in [2.24, 2.45) is 0 Å². The van der Waals surface area contributed by atoms with Crippen molar-refractivity contribution >= 4 is 5.91 Å². The molecular weight excluding hydrogens is 304 g/mol. The Morgan fingerprint density at radius 3 is 2.45 bits per heavy atom. The van der Waals surface area contributed by atoms with Crippen molar-refractivity contribution in [3.05, 3.63) is 47.1 Å². The van der Waals surface area contributed by atoms with Gasteiger partial charge in [0.2, 0.25) is 0 Å². The number of benzene rings is 1. The summed E-state index contributed by atoms with van der Waals surface area (Å²) < 4.78 is 54.6. The van der Waals surface area contributed by atoms with Crippen LogP contribution in [0.4, 0.5) is 17.6 Å². The van der Waals surface area contributed by atoms with E-state index in [0.29, 0.717) is 12.2 Å². The fourth-order valence-corrected chi connectivity index (χ4v) is 1.89. The van der Waals surface area contributed by atoms with Gasteiger partial charge in [-0.25, -0.2) is 17.6 Å². The zero-order chi connectivity index (χ0) is 16.3. The van der Waals surface area contributed by atoms with Gasteiger partial charge in [-0.15, -0.1) is 10.2 Å². The summed E-state index contributed by atoms with van der Waals surface area (Å²) in [6, 6.07) is 0.0477. The summed E-state index contributed by atoms with van der Waals surface area (Å²) in [5.41, 5.74) is -1.28. The molecule has 1 amide bonds. The zero-order valence-corrected chi connectivity index (χ0v) is 11.5. The lowest BCUT2D eigenvalue weighted by atomic mass is 10.1. The fraction of sp³-hybridized carbons (Fsp3) is 0.308. The van der Waals surface area contributed by atoms with Crippen molar-refractivity contribution in [1.29, 1.82) is 0 Å². The maximum atomic E-state index is 13.4. The number of hydrogen-bond acceptors (Lipinski definition) is 3. The smallest absolute Gasteiger partial charge is 0.257 e. The highest BCUT2D eigenvalue weighted by atomic mass is 19.2. The molecule has 0 unspecified atom stereocenters. The molecule has 118 valence electrons. The van der Waals surface area contributed by atoms with Crippen molar-refractivity contribution in [3.8, 4) is 0 Å². The van der Waals surface area contributed by atoms with Gasteiger partial charge < -0.3 is 9.88 Å². The standard InChI is InChI=1S/C13H12F4N4O/c1-2-9-20-19-6-21(9)4-3-18-13(22)10-11(16)7(14)5-8(15)12(10)17/h5-6H,2-4H2,1H3,(H,18,22). The highest BCUT2D eigenvalue weighted by Gasteiger charge is 2.24. The maximum Gasteiger partial charge on any atom is 0.257 e. The fourth-order valence-electron chi connectivity index (χ4n) is 1.89. The topological polar surface area (TPSA) is 59.8 Å². The minimum absolute atomic E-state index is 0.0130. The van der Waals surface area contributed by atoms with Crippen molar-refractivity contribution in [2.45, 2.75) is 19.9 Å². The van der Waals surface area contributed by atoms with Crippen LogP contribution in [0.2, 0.25) is 0 Å². The van der Waals surface area contributed by atoms with Crippen molar-refractivity contribution in [3.63, 3.8) is 0 Å². The molecule has 0 saturated heterocycles. The highest BCUT2D eigenvalue weighted by Crippen LogP contribution is 2.19. The first-order chi connectivity index (χ1) is 10.5. The molecule has 1 aromatic carbocycles. The van der Waals surface area contributed by atoms with Crippen LogP contribution in [0.1, 0.15) is 23.1 Å². The van der Waals surface area contributed by atoms with E-state index in [1.807, 2.05) is 6.92 Å². The van der Waals surface area contributed by atoms with E-state index in [2.05, 4.69) is 15.5 Å². The lowest BCUT2D eigenvalue weighted by Crippen LogP contribution is -2.29. The van der Waals surface area contributed by atoms with Crippen molar-refractivity contribution in [2.75, 3.05) is 6.54 Å². The number of carbonyl (C=O) groups is 1. The van der Waals surface area contributed by atoms with Crippen LogP contribution in [-0.4, -0.2) is 27.2 Å². The second kappa shape index (κ2) is 6.54. The predicted molar refractivity (Wildman–Crippen MR) is 68.0 cm³/mol. The van der Waals surface area contributed by atoms with Gasteiger partial charge in [0, 0.05) is 25.6 Å². The van der Waals surface area contributed by atoms with E-state index in [1.54, 1.807) is 4.57 Å². The third kappa shape index (κ3) is 3.07. The molecule has 2 rings (SSSR count). The first-order valence-electron chi connectivity index (χ1n) is 6.43. The summed E-state index contributed by atoms with van der Waals surface area (Å²) >= 11 is 0. The number of aromatic nitrogens is 3. The number of nitrogens with zero attached hydrogens (tertiary/aromatic N) is 3. The number of nitrogens with one attached hydrogen (secondary N) is 1. The van der Waals surface area contributed by atoms with E-state index in [9.17, 15) is 22.4 Å². The van der Waals surface area contributed by atoms with Crippen LogP contribution >= 0.6 is 0 Å². The molecule has 9 heteroatoms. The van der Waals surface area contributed by atoms with Crippen LogP contribution in [0.3, 0.4) is 0 Å². The predicted octanol–water partition coefficient (Wildman–Crippen LogP) is 1.83. The minimum atomic E-state index is -1.73. The van der Waals surface area contributed by atoms with E-state index >= 15 is 0 Å². The molecule has 0 aliphatic heterocycles. The van der Waals surface area contributed by atoms with Crippen molar-refractivity contribution < 1.29 is 22.4 Å². The molecule has 0 bridgehead atoms. The molecule has 22 heavy (non-hydrogen) atoms. The Balaban J connectivity index is 2.07. The lowest BCUT2D eigenvalue weighted by Gasteiger charge is -2.09. The van der Waals surface area contributed by atoms with E-state index in [-0.39, 0.29) is 19.2 Å². The maximum absolute atomic E-state index is 13.4. The Bertz CT molecular complexity index is 675. The molecule has 1 heterocycles. The van der Waals surface area contributed by atoms with Gasteiger partial charge in [-0.2, -0.15) is 0 Å². The van der Waals surface area contributed by atoms with E-state index in [4.69, 9.17) is 0 Å².